The van der Waals surface area contributed by atoms with Gasteiger partial charge in [0.1, 0.15) is 5.75 Å². The Morgan fingerprint density at radius 1 is 1.37 bits per heavy atom. The number of benzene rings is 1. The van der Waals surface area contributed by atoms with Crippen LogP contribution in [-0.2, 0) is 4.79 Å². The largest absolute Gasteiger partial charge is 0.497 e. The minimum absolute atomic E-state index is 0.155. The SMILES string of the molecule is COc1cccc(C(N)CN2CCCCCC2=O)c1. The second-order valence-electron chi connectivity index (χ2n) is 5.03. The van der Waals surface area contributed by atoms with Crippen molar-refractivity contribution in [3.8, 4) is 5.75 Å². The number of methoxy groups -OCH3 is 1. The maximum Gasteiger partial charge on any atom is 0.222 e. The first kappa shape index (κ1) is 13.9. The molecule has 1 aromatic carbocycles. The molecular formula is C15H22N2O2. The van der Waals surface area contributed by atoms with Gasteiger partial charge in [-0.25, -0.2) is 0 Å². The van der Waals surface area contributed by atoms with Gasteiger partial charge in [-0.15, -0.1) is 0 Å². The van der Waals surface area contributed by atoms with Crippen LogP contribution in [0.15, 0.2) is 24.3 Å². The Labute approximate surface area is 114 Å². The molecule has 2 rings (SSSR count). The van der Waals surface area contributed by atoms with E-state index in [1.165, 1.54) is 0 Å². The summed E-state index contributed by atoms with van der Waals surface area (Å²) in [5, 5.41) is 0. The number of ether oxygens (including phenoxy) is 1. The first-order valence-corrected chi connectivity index (χ1v) is 6.88. The number of carbonyl (C=O) groups excluding carboxylic acids is 1. The van der Waals surface area contributed by atoms with E-state index in [0.29, 0.717) is 13.0 Å². The number of likely N-dealkylation sites (tertiary alicyclic amines) is 1. The van der Waals surface area contributed by atoms with Gasteiger partial charge in [-0.05, 0) is 30.5 Å². The summed E-state index contributed by atoms with van der Waals surface area (Å²) >= 11 is 0. The topological polar surface area (TPSA) is 55.6 Å². The standard InChI is InChI=1S/C15H22N2O2/c1-19-13-7-5-6-12(10-13)14(16)11-17-9-4-2-3-8-15(17)18/h5-7,10,14H,2-4,8-9,11,16H2,1H3. The molecule has 1 amide bonds. The van der Waals surface area contributed by atoms with Crippen molar-refractivity contribution in [3.05, 3.63) is 29.8 Å². The van der Waals surface area contributed by atoms with Crippen LogP contribution in [0.4, 0.5) is 0 Å². The molecule has 0 spiro atoms. The van der Waals surface area contributed by atoms with Gasteiger partial charge in [-0.1, -0.05) is 18.6 Å². The van der Waals surface area contributed by atoms with Gasteiger partial charge in [0.05, 0.1) is 7.11 Å². The van der Waals surface area contributed by atoms with Crippen LogP contribution in [-0.4, -0.2) is 31.0 Å². The summed E-state index contributed by atoms with van der Waals surface area (Å²) in [5.74, 6) is 1.03. The van der Waals surface area contributed by atoms with Gasteiger partial charge in [0.2, 0.25) is 5.91 Å². The van der Waals surface area contributed by atoms with Crippen LogP contribution >= 0.6 is 0 Å². The smallest absolute Gasteiger partial charge is 0.222 e. The molecule has 1 heterocycles. The molecule has 0 bridgehead atoms. The molecule has 0 aliphatic carbocycles. The number of carbonyl (C=O) groups is 1. The van der Waals surface area contributed by atoms with Crippen molar-refractivity contribution in [2.75, 3.05) is 20.2 Å². The average Bonchev–Trinajstić information content (AvgIpc) is 2.64. The molecule has 4 nitrogen and oxygen atoms in total. The van der Waals surface area contributed by atoms with E-state index in [1.807, 2.05) is 29.2 Å². The minimum Gasteiger partial charge on any atom is -0.497 e. The third-order valence-corrected chi connectivity index (χ3v) is 3.61. The summed E-state index contributed by atoms with van der Waals surface area (Å²) in [6.07, 6.45) is 3.88. The molecule has 1 aromatic rings. The molecule has 19 heavy (non-hydrogen) atoms. The number of hydrogen-bond acceptors (Lipinski definition) is 3. The summed E-state index contributed by atoms with van der Waals surface area (Å²) in [6.45, 7) is 1.42. The van der Waals surface area contributed by atoms with E-state index >= 15 is 0 Å². The van der Waals surface area contributed by atoms with Crippen molar-refractivity contribution in [2.24, 2.45) is 5.73 Å². The zero-order valence-corrected chi connectivity index (χ0v) is 11.5. The maximum atomic E-state index is 11.9. The van der Waals surface area contributed by atoms with Crippen molar-refractivity contribution in [1.29, 1.82) is 0 Å². The van der Waals surface area contributed by atoms with E-state index in [2.05, 4.69) is 0 Å². The fourth-order valence-electron chi connectivity index (χ4n) is 2.45. The fraction of sp³-hybridized carbons (Fsp3) is 0.533. The number of hydrogen-bond donors (Lipinski definition) is 1. The van der Waals surface area contributed by atoms with Gasteiger partial charge in [-0.3, -0.25) is 4.79 Å². The average molecular weight is 262 g/mol. The molecule has 1 aliphatic rings. The molecule has 1 fully saturated rings. The lowest BCUT2D eigenvalue weighted by molar-refractivity contribution is -0.130. The normalized spacial score (nSPS) is 18.0. The van der Waals surface area contributed by atoms with Crippen molar-refractivity contribution in [2.45, 2.75) is 31.7 Å². The highest BCUT2D eigenvalue weighted by molar-refractivity contribution is 5.76. The molecular weight excluding hydrogens is 240 g/mol. The highest BCUT2D eigenvalue weighted by atomic mass is 16.5. The predicted molar refractivity (Wildman–Crippen MR) is 75.0 cm³/mol. The number of nitrogens with zero attached hydrogens (tertiary/aromatic N) is 1. The lowest BCUT2D eigenvalue weighted by atomic mass is 10.1. The van der Waals surface area contributed by atoms with E-state index in [1.54, 1.807) is 7.11 Å². The Hall–Kier alpha value is -1.55. The fourth-order valence-corrected chi connectivity index (χ4v) is 2.45. The van der Waals surface area contributed by atoms with E-state index in [-0.39, 0.29) is 11.9 Å². The van der Waals surface area contributed by atoms with Crippen molar-refractivity contribution < 1.29 is 9.53 Å². The third-order valence-electron chi connectivity index (χ3n) is 3.61. The zero-order chi connectivity index (χ0) is 13.7. The summed E-state index contributed by atoms with van der Waals surface area (Å²) < 4.78 is 5.20. The van der Waals surface area contributed by atoms with Crippen LogP contribution in [0, 0.1) is 0 Å². The van der Waals surface area contributed by atoms with Gasteiger partial charge in [-0.2, -0.15) is 0 Å². The second-order valence-corrected chi connectivity index (χ2v) is 5.03. The van der Waals surface area contributed by atoms with E-state index in [9.17, 15) is 4.79 Å². The lowest BCUT2D eigenvalue weighted by Gasteiger charge is -2.24. The van der Waals surface area contributed by atoms with Crippen LogP contribution in [0.2, 0.25) is 0 Å². The molecule has 1 saturated heterocycles. The van der Waals surface area contributed by atoms with Crippen molar-refractivity contribution >= 4 is 5.91 Å². The molecule has 1 atom stereocenters. The van der Waals surface area contributed by atoms with Crippen LogP contribution in [0.3, 0.4) is 0 Å². The molecule has 2 N–H and O–H groups in total. The van der Waals surface area contributed by atoms with Crippen LogP contribution < -0.4 is 10.5 Å². The van der Waals surface area contributed by atoms with Crippen molar-refractivity contribution in [3.63, 3.8) is 0 Å². The molecule has 1 unspecified atom stereocenters. The minimum atomic E-state index is -0.155. The molecule has 104 valence electrons. The van der Waals surface area contributed by atoms with Gasteiger partial charge in [0, 0.05) is 25.6 Å². The molecule has 4 heteroatoms. The summed E-state index contributed by atoms with van der Waals surface area (Å²) in [5.41, 5.74) is 7.22. The molecule has 0 saturated carbocycles. The van der Waals surface area contributed by atoms with Gasteiger partial charge in [0.15, 0.2) is 0 Å². The van der Waals surface area contributed by atoms with Crippen molar-refractivity contribution in [1.82, 2.24) is 4.90 Å². The third kappa shape index (κ3) is 3.70. The van der Waals surface area contributed by atoms with Crippen LogP contribution in [0.25, 0.3) is 0 Å². The number of rotatable bonds is 4. The van der Waals surface area contributed by atoms with Gasteiger partial charge in [0.25, 0.3) is 0 Å². The Bertz CT molecular complexity index is 434. The van der Waals surface area contributed by atoms with Gasteiger partial charge >= 0.3 is 0 Å². The maximum absolute atomic E-state index is 11.9. The summed E-state index contributed by atoms with van der Waals surface area (Å²) in [7, 11) is 1.64. The highest BCUT2D eigenvalue weighted by Crippen LogP contribution is 2.20. The molecule has 0 radical (unpaired) electrons. The molecule has 0 aromatic heterocycles. The quantitative estimate of drug-likeness (QED) is 0.904. The Morgan fingerprint density at radius 2 is 2.21 bits per heavy atom. The summed E-state index contributed by atoms with van der Waals surface area (Å²) in [4.78, 5) is 13.8. The summed E-state index contributed by atoms with van der Waals surface area (Å²) in [6, 6.07) is 7.59. The zero-order valence-electron chi connectivity index (χ0n) is 11.5. The van der Waals surface area contributed by atoms with E-state index < -0.39 is 0 Å². The first-order valence-electron chi connectivity index (χ1n) is 6.88. The Kier molecular flexibility index (Phi) is 4.80. The van der Waals surface area contributed by atoms with E-state index in [0.717, 1.165) is 37.1 Å². The van der Waals surface area contributed by atoms with E-state index in [4.69, 9.17) is 10.5 Å². The lowest BCUT2D eigenvalue weighted by Crippen LogP contribution is -2.36. The molecule has 1 aliphatic heterocycles. The second kappa shape index (κ2) is 6.57. The Balaban J connectivity index is 2.02. The number of amides is 1. The van der Waals surface area contributed by atoms with Crippen LogP contribution in [0.5, 0.6) is 5.75 Å². The Morgan fingerprint density at radius 3 is 3.00 bits per heavy atom. The van der Waals surface area contributed by atoms with Crippen LogP contribution in [0.1, 0.15) is 37.3 Å². The predicted octanol–water partition coefficient (Wildman–Crippen LogP) is 2.10. The number of nitrogens with two attached hydrogens (primary N) is 1. The first-order chi connectivity index (χ1) is 9.20. The van der Waals surface area contributed by atoms with Gasteiger partial charge < -0.3 is 15.4 Å². The highest BCUT2D eigenvalue weighted by Gasteiger charge is 2.19. The monoisotopic (exact) mass is 262 g/mol.